The minimum atomic E-state index is -0.667. The summed E-state index contributed by atoms with van der Waals surface area (Å²) in [5.74, 6) is -0.667. The first-order valence-electron chi connectivity index (χ1n) is 2.01. The first-order chi connectivity index (χ1) is 3.80. The number of aromatic nitrogens is 2. The molecule has 0 fully saturated rings. The zero-order chi connectivity index (χ0) is 5.98. The van der Waals surface area contributed by atoms with E-state index in [-0.39, 0.29) is 5.69 Å². The normalized spacial score (nSPS) is 9.12. The number of hydrogen-bond acceptors (Lipinski definition) is 3. The topological polar surface area (TPSA) is 51.8 Å². The summed E-state index contributed by atoms with van der Waals surface area (Å²) in [5, 5.41) is 0. The highest BCUT2D eigenvalue weighted by Crippen LogP contribution is 1.99. The Labute approximate surface area is 45.4 Å². The maximum absolute atomic E-state index is 12.0. The summed E-state index contributed by atoms with van der Waals surface area (Å²) in [6.07, 6.45) is 2.31. The van der Waals surface area contributed by atoms with Gasteiger partial charge in [0.25, 0.3) is 0 Å². The van der Waals surface area contributed by atoms with Crippen LogP contribution in [0.25, 0.3) is 0 Å². The van der Waals surface area contributed by atoms with Crippen molar-refractivity contribution in [3.8, 4) is 0 Å². The monoisotopic (exact) mass is 113 g/mol. The summed E-state index contributed by atoms with van der Waals surface area (Å²) in [5.41, 5.74) is 5.00. The van der Waals surface area contributed by atoms with Gasteiger partial charge in [0.05, 0.1) is 6.20 Å². The molecular formula is C4H4FN3. The second kappa shape index (κ2) is 1.73. The molecule has 3 nitrogen and oxygen atoms in total. The van der Waals surface area contributed by atoms with Crippen LogP contribution in [-0.4, -0.2) is 9.97 Å². The van der Waals surface area contributed by atoms with Crippen LogP contribution in [0.1, 0.15) is 0 Å². The molecule has 8 heavy (non-hydrogen) atoms. The quantitative estimate of drug-likeness (QED) is 0.489. The number of nitrogens with zero attached hydrogens (tertiary/aromatic N) is 2. The SMILES string of the molecule is Nc1cncnc1F. The van der Waals surface area contributed by atoms with E-state index in [1.54, 1.807) is 0 Å². The highest BCUT2D eigenvalue weighted by Gasteiger charge is 1.92. The van der Waals surface area contributed by atoms with Crippen molar-refractivity contribution < 1.29 is 4.39 Å². The van der Waals surface area contributed by atoms with Crippen LogP contribution < -0.4 is 5.73 Å². The van der Waals surface area contributed by atoms with Crippen molar-refractivity contribution >= 4 is 5.69 Å². The summed E-state index contributed by atoms with van der Waals surface area (Å²) in [7, 11) is 0. The lowest BCUT2D eigenvalue weighted by atomic mass is 10.6. The van der Waals surface area contributed by atoms with Gasteiger partial charge in [-0.2, -0.15) is 4.39 Å². The predicted octanol–water partition coefficient (Wildman–Crippen LogP) is 0.198. The van der Waals surface area contributed by atoms with Gasteiger partial charge in [-0.1, -0.05) is 0 Å². The lowest BCUT2D eigenvalue weighted by Crippen LogP contribution is -1.93. The second-order valence-electron chi connectivity index (χ2n) is 1.27. The van der Waals surface area contributed by atoms with Crippen molar-refractivity contribution in [2.45, 2.75) is 0 Å². The van der Waals surface area contributed by atoms with E-state index in [1.807, 2.05) is 0 Å². The fraction of sp³-hybridized carbons (Fsp3) is 0. The van der Waals surface area contributed by atoms with Crippen LogP contribution in [0.2, 0.25) is 0 Å². The molecule has 1 heterocycles. The van der Waals surface area contributed by atoms with Crippen LogP contribution >= 0.6 is 0 Å². The van der Waals surface area contributed by atoms with Crippen LogP contribution in [0, 0.1) is 5.95 Å². The summed E-state index contributed by atoms with van der Waals surface area (Å²) in [6, 6.07) is 0. The van der Waals surface area contributed by atoms with Crippen LogP contribution in [0.4, 0.5) is 10.1 Å². The molecule has 1 aromatic rings. The molecule has 0 aliphatic rings. The Morgan fingerprint density at radius 2 is 2.38 bits per heavy atom. The van der Waals surface area contributed by atoms with Gasteiger partial charge in [-0.05, 0) is 0 Å². The predicted molar refractivity (Wildman–Crippen MR) is 26.4 cm³/mol. The molecule has 0 aromatic carbocycles. The number of anilines is 1. The molecule has 0 radical (unpaired) electrons. The molecule has 0 aliphatic carbocycles. The van der Waals surface area contributed by atoms with Crippen LogP contribution in [0.3, 0.4) is 0 Å². The van der Waals surface area contributed by atoms with Gasteiger partial charge in [-0.25, -0.2) is 9.97 Å². The van der Waals surface area contributed by atoms with Crippen LogP contribution in [-0.2, 0) is 0 Å². The van der Waals surface area contributed by atoms with E-state index >= 15 is 0 Å². The van der Waals surface area contributed by atoms with Crippen molar-refractivity contribution in [2.24, 2.45) is 0 Å². The Kier molecular flexibility index (Phi) is 1.07. The number of nitrogens with two attached hydrogens (primary N) is 1. The molecule has 0 unspecified atom stereocenters. The van der Waals surface area contributed by atoms with E-state index in [2.05, 4.69) is 9.97 Å². The molecule has 2 N–H and O–H groups in total. The molecule has 4 heteroatoms. The molecule has 0 saturated carbocycles. The smallest absolute Gasteiger partial charge is 0.239 e. The van der Waals surface area contributed by atoms with Crippen molar-refractivity contribution in [3.63, 3.8) is 0 Å². The minimum absolute atomic E-state index is 0.0208. The first kappa shape index (κ1) is 4.96. The summed E-state index contributed by atoms with van der Waals surface area (Å²) in [6.45, 7) is 0. The van der Waals surface area contributed by atoms with Crippen molar-refractivity contribution in [1.29, 1.82) is 0 Å². The van der Waals surface area contributed by atoms with E-state index in [0.29, 0.717) is 0 Å². The van der Waals surface area contributed by atoms with Crippen molar-refractivity contribution in [3.05, 3.63) is 18.5 Å². The molecule has 0 saturated heterocycles. The average molecular weight is 113 g/mol. The number of rotatable bonds is 0. The molecule has 42 valence electrons. The fourth-order valence-electron chi connectivity index (χ4n) is 0.325. The Bertz CT molecular complexity index is 167. The highest BCUT2D eigenvalue weighted by molar-refractivity contribution is 5.31. The lowest BCUT2D eigenvalue weighted by Gasteiger charge is -1.87. The Hall–Kier alpha value is -1.19. The maximum Gasteiger partial charge on any atom is 0.239 e. The zero-order valence-electron chi connectivity index (χ0n) is 4.00. The van der Waals surface area contributed by atoms with E-state index in [0.717, 1.165) is 6.33 Å². The van der Waals surface area contributed by atoms with Gasteiger partial charge in [0.1, 0.15) is 12.0 Å². The Morgan fingerprint density at radius 1 is 1.62 bits per heavy atom. The second-order valence-corrected chi connectivity index (χ2v) is 1.27. The molecule has 0 atom stereocenters. The molecular weight excluding hydrogens is 109 g/mol. The van der Waals surface area contributed by atoms with Gasteiger partial charge in [0, 0.05) is 0 Å². The molecule has 0 bridgehead atoms. The van der Waals surface area contributed by atoms with E-state index < -0.39 is 5.95 Å². The lowest BCUT2D eigenvalue weighted by molar-refractivity contribution is 0.585. The fourth-order valence-corrected chi connectivity index (χ4v) is 0.325. The largest absolute Gasteiger partial charge is 0.394 e. The highest BCUT2D eigenvalue weighted by atomic mass is 19.1. The van der Waals surface area contributed by atoms with Gasteiger partial charge in [-0.15, -0.1) is 0 Å². The van der Waals surface area contributed by atoms with Crippen LogP contribution in [0.15, 0.2) is 12.5 Å². The zero-order valence-corrected chi connectivity index (χ0v) is 4.00. The minimum Gasteiger partial charge on any atom is -0.394 e. The molecule has 1 aromatic heterocycles. The first-order valence-corrected chi connectivity index (χ1v) is 2.01. The number of nitrogen functional groups attached to an aromatic ring is 1. The van der Waals surface area contributed by atoms with Crippen molar-refractivity contribution in [2.75, 3.05) is 5.73 Å². The summed E-state index contributed by atoms with van der Waals surface area (Å²) in [4.78, 5) is 6.64. The standard InChI is InChI=1S/C4H4FN3/c5-4-3(6)1-7-2-8-4/h1-2H,6H2. The van der Waals surface area contributed by atoms with Gasteiger partial charge in [-0.3, -0.25) is 0 Å². The number of halogens is 1. The molecule has 0 aliphatic heterocycles. The summed E-state index contributed by atoms with van der Waals surface area (Å²) < 4.78 is 12.0. The van der Waals surface area contributed by atoms with Gasteiger partial charge < -0.3 is 5.73 Å². The van der Waals surface area contributed by atoms with Crippen molar-refractivity contribution in [1.82, 2.24) is 9.97 Å². The molecule has 0 spiro atoms. The van der Waals surface area contributed by atoms with E-state index in [1.165, 1.54) is 6.20 Å². The molecule has 0 amide bonds. The van der Waals surface area contributed by atoms with Gasteiger partial charge >= 0.3 is 0 Å². The summed E-state index contributed by atoms with van der Waals surface area (Å²) >= 11 is 0. The van der Waals surface area contributed by atoms with E-state index in [4.69, 9.17) is 5.73 Å². The average Bonchev–Trinajstić information content (AvgIpc) is 1.77. The number of hydrogen-bond donors (Lipinski definition) is 1. The van der Waals surface area contributed by atoms with Crippen LogP contribution in [0.5, 0.6) is 0 Å². The van der Waals surface area contributed by atoms with E-state index in [9.17, 15) is 4.39 Å². The third-order valence-electron chi connectivity index (χ3n) is 0.690. The Balaban J connectivity index is 3.13. The maximum atomic E-state index is 12.0. The third-order valence-corrected chi connectivity index (χ3v) is 0.690. The third kappa shape index (κ3) is 0.726. The van der Waals surface area contributed by atoms with Gasteiger partial charge in [0.2, 0.25) is 5.95 Å². The Morgan fingerprint density at radius 3 is 2.75 bits per heavy atom. The van der Waals surface area contributed by atoms with Gasteiger partial charge in [0.15, 0.2) is 0 Å². The molecule has 1 rings (SSSR count).